The standard InChI is InChI=1S/C17H18N2O4/c1-11-8-12(2)10-14(9-11)18-17(20)13(3)23-16-7-5-4-6-15(16)19(21)22/h4-10,13H,1-3H3,(H,18,20)/t13-/m1/s1. The minimum absolute atomic E-state index is 0.0700. The molecule has 0 aliphatic heterocycles. The van der Waals surface area contributed by atoms with Gasteiger partial charge in [-0.15, -0.1) is 0 Å². The zero-order chi connectivity index (χ0) is 17.0. The molecule has 0 aliphatic carbocycles. The second-order valence-electron chi connectivity index (χ2n) is 5.35. The minimum Gasteiger partial charge on any atom is -0.474 e. The molecule has 2 rings (SSSR count). The molecule has 6 nitrogen and oxygen atoms in total. The Kier molecular flexibility index (Phi) is 4.95. The number of benzene rings is 2. The monoisotopic (exact) mass is 314 g/mol. The maximum absolute atomic E-state index is 12.2. The van der Waals surface area contributed by atoms with Gasteiger partial charge in [0.25, 0.3) is 5.91 Å². The van der Waals surface area contributed by atoms with Crippen LogP contribution in [-0.4, -0.2) is 16.9 Å². The van der Waals surface area contributed by atoms with E-state index in [1.807, 2.05) is 32.0 Å². The summed E-state index contributed by atoms with van der Waals surface area (Å²) in [7, 11) is 0. The van der Waals surface area contributed by atoms with Crippen molar-refractivity contribution in [3.8, 4) is 5.75 Å². The van der Waals surface area contributed by atoms with Gasteiger partial charge in [-0.3, -0.25) is 14.9 Å². The molecular formula is C17H18N2O4. The number of aryl methyl sites for hydroxylation is 2. The van der Waals surface area contributed by atoms with Crippen molar-refractivity contribution >= 4 is 17.3 Å². The smallest absolute Gasteiger partial charge is 0.310 e. The Morgan fingerprint density at radius 3 is 2.39 bits per heavy atom. The summed E-state index contributed by atoms with van der Waals surface area (Å²) >= 11 is 0. The van der Waals surface area contributed by atoms with Crippen molar-refractivity contribution in [1.82, 2.24) is 0 Å². The number of amides is 1. The maximum Gasteiger partial charge on any atom is 0.310 e. The first kappa shape index (κ1) is 16.5. The van der Waals surface area contributed by atoms with Gasteiger partial charge in [0.2, 0.25) is 0 Å². The van der Waals surface area contributed by atoms with Crippen LogP contribution >= 0.6 is 0 Å². The summed E-state index contributed by atoms with van der Waals surface area (Å²) < 4.78 is 5.45. The first-order valence-corrected chi connectivity index (χ1v) is 7.16. The Hall–Kier alpha value is -2.89. The lowest BCUT2D eigenvalue weighted by Gasteiger charge is -2.15. The largest absolute Gasteiger partial charge is 0.474 e. The van der Waals surface area contributed by atoms with E-state index in [1.54, 1.807) is 19.1 Å². The number of nitro benzene ring substituents is 1. The van der Waals surface area contributed by atoms with Crippen molar-refractivity contribution in [2.45, 2.75) is 26.9 Å². The van der Waals surface area contributed by atoms with E-state index in [4.69, 9.17) is 4.74 Å². The van der Waals surface area contributed by atoms with Crippen LogP contribution in [0.3, 0.4) is 0 Å². The number of carbonyl (C=O) groups is 1. The highest BCUT2D eigenvalue weighted by Gasteiger charge is 2.20. The van der Waals surface area contributed by atoms with Gasteiger partial charge in [0, 0.05) is 11.8 Å². The third kappa shape index (κ3) is 4.29. The van der Waals surface area contributed by atoms with Crippen LogP contribution in [0.5, 0.6) is 5.75 Å². The quantitative estimate of drug-likeness (QED) is 0.675. The number of ether oxygens (including phenoxy) is 1. The number of hydrogen-bond donors (Lipinski definition) is 1. The Morgan fingerprint density at radius 1 is 1.17 bits per heavy atom. The predicted molar refractivity (Wildman–Crippen MR) is 87.7 cm³/mol. The summed E-state index contributed by atoms with van der Waals surface area (Å²) in [5.41, 5.74) is 2.57. The number of rotatable bonds is 5. The lowest BCUT2D eigenvalue weighted by molar-refractivity contribution is -0.386. The average molecular weight is 314 g/mol. The van der Waals surface area contributed by atoms with Crippen molar-refractivity contribution < 1.29 is 14.5 Å². The molecule has 0 saturated carbocycles. The Morgan fingerprint density at radius 2 is 1.78 bits per heavy atom. The molecule has 0 spiro atoms. The van der Waals surface area contributed by atoms with Gasteiger partial charge >= 0.3 is 5.69 Å². The summed E-state index contributed by atoms with van der Waals surface area (Å²) in [4.78, 5) is 22.6. The van der Waals surface area contributed by atoms with E-state index in [9.17, 15) is 14.9 Å². The number of nitrogens with zero attached hydrogens (tertiary/aromatic N) is 1. The molecule has 120 valence electrons. The average Bonchev–Trinajstić information content (AvgIpc) is 2.46. The normalized spacial score (nSPS) is 11.6. The topological polar surface area (TPSA) is 81.5 Å². The molecule has 2 aromatic rings. The fourth-order valence-electron chi connectivity index (χ4n) is 2.24. The predicted octanol–water partition coefficient (Wildman–Crippen LogP) is 3.62. The summed E-state index contributed by atoms with van der Waals surface area (Å²) in [6.45, 7) is 5.43. The SMILES string of the molecule is Cc1cc(C)cc(NC(=O)[C@@H](C)Oc2ccccc2[N+](=O)[O-])c1. The summed E-state index contributed by atoms with van der Waals surface area (Å²) in [6.07, 6.45) is -0.864. The van der Waals surface area contributed by atoms with Crippen LogP contribution in [0.2, 0.25) is 0 Å². The molecule has 0 unspecified atom stereocenters. The van der Waals surface area contributed by atoms with Crippen molar-refractivity contribution in [1.29, 1.82) is 0 Å². The lowest BCUT2D eigenvalue weighted by Crippen LogP contribution is -2.30. The molecule has 2 aromatic carbocycles. The molecule has 0 saturated heterocycles. The third-order valence-electron chi connectivity index (χ3n) is 3.22. The number of hydrogen-bond acceptors (Lipinski definition) is 4. The first-order chi connectivity index (χ1) is 10.9. The number of anilines is 1. The fourth-order valence-corrected chi connectivity index (χ4v) is 2.24. The number of carbonyl (C=O) groups excluding carboxylic acids is 1. The summed E-state index contributed by atoms with van der Waals surface area (Å²) in [6, 6.07) is 11.7. The van der Waals surface area contributed by atoms with Crippen LogP contribution in [0.25, 0.3) is 0 Å². The first-order valence-electron chi connectivity index (χ1n) is 7.16. The van der Waals surface area contributed by atoms with E-state index in [-0.39, 0.29) is 17.3 Å². The van der Waals surface area contributed by atoms with Gasteiger partial charge in [-0.1, -0.05) is 18.2 Å². The van der Waals surface area contributed by atoms with E-state index in [1.165, 1.54) is 12.1 Å². The van der Waals surface area contributed by atoms with Crippen LogP contribution in [0.4, 0.5) is 11.4 Å². The van der Waals surface area contributed by atoms with Gasteiger partial charge < -0.3 is 10.1 Å². The molecule has 0 radical (unpaired) electrons. The molecule has 0 fully saturated rings. The van der Waals surface area contributed by atoms with Crippen molar-refractivity contribution in [2.75, 3.05) is 5.32 Å². The van der Waals surface area contributed by atoms with Gasteiger partial charge in [-0.25, -0.2) is 0 Å². The fraction of sp³-hybridized carbons (Fsp3) is 0.235. The van der Waals surface area contributed by atoms with Gasteiger partial charge in [0.1, 0.15) is 0 Å². The molecule has 1 N–H and O–H groups in total. The van der Waals surface area contributed by atoms with Crippen molar-refractivity contribution in [3.63, 3.8) is 0 Å². The molecule has 0 heterocycles. The van der Waals surface area contributed by atoms with Gasteiger partial charge in [-0.2, -0.15) is 0 Å². The maximum atomic E-state index is 12.2. The number of nitro groups is 1. The van der Waals surface area contributed by atoms with Gasteiger partial charge in [0.05, 0.1) is 4.92 Å². The van der Waals surface area contributed by atoms with Crippen molar-refractivity contribution in [3.05, 3.63) is 63.7 Å². The Bertz CT molecular complexity index is 723. The van der Waals surface area contributed by atoms with Gasteiger partial charge in [0.15, 0.2) is 11.9 Å². The zero-order valence-corrected chi connectivity index (χ0v) is 13.2. The molecule has 0 aromatic heterocycles. The van der Waals surface area contributed by atoms with Gasteiger partial charge in [-0.05, 0) is 50.1 Å². The Balaban J connectivity index is 2.10. The molecule has 1 atom stereocenters. The van der Waals surface area contributed by atoms with E-state index in [2.05, 4.69) is 5.32 Å². The number of para-hydroxylation sites is 2. The van der Waals surface area contributed by atoms with E-state index < -0.39 is 11.0 Å². The number of nitrogens with one attached hydrogen (secondary N) is 1. The highest BCUT2D eigenvalue weighted by Crippen LogP contribution is 2.27. The van der Waals surface area contributed by atoms with E-state index >= 15 is 0 Å². The molecule has 6 heteroatoms. The minimum atomic E-state index is -0.864. The molecule has 1 amide bonds. The van der Waals surface area contributed by atoms with Crippen LogP contribution in [0.15, 0.2) is 42.5 Å². The second kappa shape index (κ2) is 6.91. The third-order valence-corrected chi connectivity index (χ3v) is 3.22. The highest BCUT2D eigenvalue weighted by molar-refractivity contribution is 5.94. The second-order valence-corrected chi connectivity index (χ2v) is 5.35. The molecular weight excluding hydrogens is 296 g/mol. The molecule has 0 aliphatic rings. The van der Waals surface area contributed by atoms with Crippen LogP contribution in [-0.2, 0) is 4.79 Å². The Labute approximate surface area is 134 Å². The molecule has 23 heavy (non-hydrogen) atoms. The molecule has 0 bridgehead atoms. The van der Waals surface area contributed by atoms with Crippen LogP contribution in [0, 0.1) is 24.0 Å². The summed E-state index contributed by atoms with van der Waals surface area (Å²) in [5, 5.41) is 13.7. The van der Waals surface area contributed by atoms with Crippen LogP contribution in [0.1, 0.15) is 18.1 Å². The van der Waals surface area contributed by atoms with E-state index in [0.29, 0.717) is 5.69 Å². The van der Waals surface area contributed by atoms with Crippen molar-refractivity contribution in [2.24, 2.45) is 0 Å². The lowest BCUT2D eigenvalue weighted by atomic mass is 10.1. The van der Waals surface area contributed by atoms with E-state index in [0.717, 1.165) is 11.1 Å². The van der Waals surface area contributed by atoms with Crippen LogP contribution < -0.4 is 10.1 Å². The highest BCUT2D eigenvalue weighted by atomic mass is 16.6. The summed E-state index contributed by atoms with van der Waals surface area (Å²) in [5.74, 6) is -0.297. The zero-order valence-electron chi connectivity index (χ0n) is 13.2.